The maximum absolute atomic E-state index is 14.7. The van der Waals surface area contributed by atoms with Gasteiger partial charge in [0.2, 0.25) is 0 Å². The molecule has 8 rings (SSSR count). The van der Waals surface area contributed by atoms with Crippen molar-refractivity contribution in [3.8, 4) is 0 Å². The number of hydrogen-bond acceptors (Lipinski definition) is 8. The Morgan fingerprint density at radius 1 is 0.444 bits per heavy atom. The summed E-state index contributed by atoms with van der Waals surface area (Å²) in [7, 11) is 0. The number of carbonyl (C=O) groups excluding carboxylic acids is 1. The van der Waals surface area contributed by atoms with E-state index in [0.29, 0.717) is 38.6 Å². The van der Waals surface area contributed by atoms with Crippen LogP contribution in [0.1, 0.15) is 41.4 Å². The van der Waals surface area contributed by atoms with Crippen LogP contribution in [0, 0.1) is 0 Å². The van der Waals surface area contributed by atoms with E-state index in [1.54, 1.807) is 60.7 Å². The van der Waals surface area contributed by atoms with E-state index < -0.39 is 46.1 Å². The van der Waals surface area contributed by atoms with Crippen LogP contribution in [-0.4, -0.2) is 39.1 Å². The molecule has 0 spiro atoms. The number of fused-ring (bicyclic) bond motifs is 2. The van der Waals surface area contributed by atoms with Gasteiger partial charge in [0.15, 0.2) is 0 Å². The first-order chi connectivity index (χ1) is 26.2. The molecular weight excluding hydrogens is 686 g/mol. The van der Waals surface area contributed by atoms with Crippen LogP contribution in [0.15, 0.2) is 148 Å². The number of carboxylic acids is 3. The van der Waals surface area contributed by atoms with Crippen molar-refractivity contribution >= 4 is 95.3 Å². The van der Waals surface area contributed by atoms with Crippen LogP contribution >= 0.6 is 0 Å². The number of azo groups is 2. The number of aromatic carboxylic acids is 3. The predicted molar refractivity (Wildman–Crippen MR) is 204 cm³/mol. The molecule has 12 nitrogen and oxygen atoms in total. The number of hydrogen-bond donors (Lipinski definition) is 4. The van der Waals surface area contributed by atoms with Gasteiger partial charge in [0.1, 0.15) is 5.69 Å². The van der Waals surface area contributed by atoms with Crippen LogP contribution < -0.4 is 5.32 Å². The van der Waals surface area contributed by atoms with Crippen molar-refractivity contribution < 1.29 is 34.5 Å². The van der Waals surface area contributed by atoms with E-state index in [1.807, 2.05) is 48.5 Å². The van der Waals surface area contributed by atoms with Crippen molar-refractivity contribution in [2.75, 3.05) is 5.32 Å². The fraction of sp³-hybridized carbons (Fsp3) is 0. The Morgan fingerprint density at radius 3 is 1.67 bits per heavy atom. The van der Waals surface area contributed by atoms with Gasteiger partial charge in [0.05, 0.1) is 45.0 Å². The maximum atomic E-state index is 14.7. The molecule has 0 aromatic heterocycles. The van der Waals surface area contributed by atoms with Gasteiger partial charge in [-0.25, -0.2) is 14.4 Å². The van der Waals surface area contributed by atoms with Crippen molar-refractivity contribution in [2.24, 2.45) is 20.5 Å². The molecule has 0 bridgehead atoms. The molecule has 1 amide bonds. The number of nitrogens with one attached hydrogen (secondary N) is 1. The van der Waals surface area contributed by atoms with Crippen LogP contribution in [0.4, 0.5) is 28.4 Å². The fourth-order valence-corrected chi connectivity index (χ4v) is 6.89. The van der Waals surface area contributed by atoms with E-state index in [2.05, 4.69) is 25.8 Å². The van der Waals surface area contributed by atoms with E-state index in [1.165, 1.54) is 18.2 Å². The third-order valence-electron chi connectivity index (χ3n) is 9.10. The minimum atomic E-state index is -1.73. The van der Waals surface area contributed by atoms with Gasteiger partial charge in [-0.2, -0.15) is 15.3 Å². The number of carboxylic acid groups (broad SMARTS) is 3. The summed E-state index contributed by atoms with van der Waals surface area (Å²) in [6, 6.07) is 36.1. The first-order valence-electron chi connectivity index (χ1n) is 16.5. The van der Waals surface area contributed by atoms with Gasteiger partial charge in [-0.1, -0.05) is 78.9 Å². The quantitative estimate of drug-likeness (QED) is 0.0650. The van der Waals surface area contributed by atoms with Crippen LogP contribution in [0.3, 0.4) is 0 Å². The van der Waals surface area contributed by atoms with E-state index in [0.717, 1.165) is 5.39 Å². The highest BCUT2D eigenvalue weighted by Crippen LogP contribution is 2.46. The SMILES string of the molecule is O=C(O)c1c(C(=O)O)c2c(C(=O)O)ccc3c4cccc5cccc(c(c1C(=O)Nc1ccc(N=Nc6ccccc6)cc1N=Nc1ccccc1)c23)c54. The molecule has 0 heterocycles. The summed E-state index contributed by atoms with van der Waals surface area (Å²) in [6.45, 7) is 0. The monoisotopic (exact) mass is 711 g/mol. The summed E-state index contributed by atoms with van der Waals surface area (Å²) in [5.41, 5.74) is -0.835. The van der Waals surface area contributed by atoms with E-state index >= 15 is 0 Å². The highest BCUT2D eigenvalue weighted by molar-refractivity contribution is 6.41. The molecule has 8 aromatic carbocycles. The largest absolute Gasteiger partial charge is 0.478 e. The van der Waals surface area contributed by atoms with Crippen LogP contribution in [-0.2, 0) is 0 Å². The van der Waals surface area contributed by atoms with E-state index in [-0.39, 0.29) is 27.5 Å². The van der Waals surface area contributed by atoms with Crippen LogP contribution in [0.25, 0.3) is 43.1 Å². The van der Waals surface area contributed by atoms with E-state index in [4.69, 9.17) is 0 Å². The molecule has 0 fully saturated rings. The summed E-state index contributed by atoms with van der Waals surface area (Å²) in [6.07, 6.45) is 0. The summed E-state index contributed by atoms with van der Waals surface area (Å²) < 4.78 is 0. The molecule has 54 heavy (non-hydrogen) atoms. The topological polar surface area (TPSA) is 190 Å². The van der Waals surface area contributed by atoms with Crippen molar-refractivity contribution in [2.45, 2.75) is 0 Å². The number of nitrogens with zero attached hydrogens (tertiary/aromatic N) is 4. The average molecular weight is 712 g/mol. The second-order valence-electron chi connectivity index (χ2n) is 12.3. The fourth-order valence-electron chi connectivity index (χ4n) is 6.89. The lowest BCUT2D eigenvalue weighted by Crippen LogP contribution is -2.22. The Morgan fingerprint density at radius 2 is 1.04 bits per heavy atom. The standard InChI is InChI=1S/C42H25N5O7/c48-39(43-30-20-17-25(46-44-23-11-3-1-4-12-23)21-31(30)47-45-24-13-5-2-6-14-24)36-34-28-16-8-10-22-9-7-15-26(32(22)28)27-18-19-29(40(49)50)35(33(27)34)37(41(51)52)38(36)42(53)54/h1-21H,(H,43,48)(H,49,50)(H,51,52)(H,53,54). The molecule has 0 atom stereocenters. The Bertz CT molecular complexity index is 2900. The molecule has 0 radical (unpaired) electrons. The Labute approximate surface area is 304 Å². The number of carbonyl (C=O) groups is 4. The lowest BCUT2D eigenvalue weighted by molar-refractivity contribution is 0.0651. The predicted octanol–water partition coefficient (Wildman–Crippen LogP) is 10.9. The second kappa shape index (κ2) is 13.4. The average Bonchev–Trinajstić information content (AvgIpc) is 3.18. The highest BCUT2D eigenvalue weighted by atomic mass is 16.4. The smallest absolute Gasteiger partial charge is 0.337 e. The van der Waals surface area contributed by atoms with E-state index in [9.17, 15) is 34.5 Å². The third-order valence-corrected chi connectivity index (χ3v) is 9.10. The number of rotatable bonds is 9. The van der Waals surface area contributed by atoms with Crippen LogP contribution in [0.2, 0.25) is 0 Å². The summed E-state index contributed by atoms with van der Waals surface area (Å²) >= 11 is 0. The number of benzene rings is 8. The van der Waals surface area contributed by atoms with Gasteiger partial charge in [0.25, 0.3) is 5.91 Å². The summed E-state index contributed by atoms with van der Waals surface area (Å²) in [5.74, 6) is -5.87. The molecule has 260 valence electrons. The normalized spacial score (nSPS) is 11.7. The summed E-state index contributed by atoms with van der Waals surface area (Å²) in [4.78, 5) is 53.6. The van der Waals surface area contributed by atoms with Gasteiger partial charge in [-0.15, -0.1) is 5.11 Å². The lowest BCUT2D eigenvalue weighted by Gasteiger charge is -2.22. The molecule has 12 heteroatoms. The van der Waals surface area contributed by atoms with Crippen molar-refractivity contribution in [3.05, 3.63) is 150 Å². The molecule has 0 aliphatic heterocycles. The van der Waals surface area contributed by atoms with Gasteiger partial charge in [-0.05, 0) is 80.8 Å². The molecule has 8 aromatic rings. The van der Waals surface area contributed by atoms with Gasteiger partial charge in [-0.3, -0.25) is 4.79 Å². The van der Waals surface area contributed by atoms with Crippen molar-refractivity contribution in [1.29, 1.82) is 0 Å². The number of amides is 1. The second-order valence-corrected chi connectivity index (χ2v) is 12.3. The van der Waals surface area contributed by atoms with Crippen molar-refractivity contribution in [1.82, 2.24) is 0 Å². The molecule has 0 saturated carbocycles. The maximum Gasteiger partial charge on any atom is 0.337 e. The summed E-state index contributed by atoms with van der Waals surface area (Å²) in [5, 5.41) is 54.5. The highest BCUT2D eigenvalue weighted by Gasteiger charge is 2.34. The minimum Gasteiger partial charge on any atom is -0.478 e. The molecule has 0 aliphatic carbocycles. The Balaban J connectivity index is 1.40. The minimum absolute atomic E-state index is 0.0908. The number of anilines is 1. The third kappa shape index (κ3) is 5.69. The van der Waals surface area contributed by atoms with Crippen molar-refractivity contribution in [3.63, 3.8) is 0 Å². The molecule has 0 unspecified atom stereocenters. The molecule has 0 saturated heterocycles. The first kappa shape index (κ1) is 33.3. The Hall–Kier alpha value is -7.86. The van der Waals surface area contributed by atoms with Gasteiger partial charge < -0.3 is 20.6 Å². The lowest BCUT2D eigenvalue weighted by atomic mass is 9.81. The van der Waals surface area contributed by atoms with Crippen LogP contribution in [0.5, 0.6) is 0 Å². The van der Waals surface area contributed by atoms with Gasteiger partial charge in [0, 0.05) is 10.8 Å². The molecular formula is C42H25N5O7. The zero-order chi connectivity index (χ0) is 37.5. The zero-order valence-corrected chi connectivity index (χ0v) is 27.9. The molecule has 4 N–H and O–H groups in total. The zero-order valence-electron chi connectivity index (χ0n) is 27.9. The molecule has 0 aliphatic rings. The Kier molecular flexibility index (Phi) is 8.24. The van der Waals surface area contributed by atoms with Gasteiger partial charge >= 0.3 is 17.9 Å². The first-order valence-corrected chi connectivity index (χ1v) is 16.5.